The maximum atomic E-state index is 11.6. The van der Waals surface area contributed by atoms with E-state index in [-0.39, 0.29) is 12.2 Å². The van der Waals surface area contributed by atoms with Gasteiger partial charge in [0.25, 0.3) is 0 Å². The van der Waals surface area contributed by atoms with Crippen molar-refractivity contribution in [3.05, 3.63) is 30.3 Å². The first-order valence-corrected chi connectivity index (χ1v) is 5.42. The molecular formula is C12H15NO3. The molecule has 1 aromatic rings. The third kappa shape index (κ3) is 2.33. The van der Waals surface area contributed by atoms with Crippen molar-refractivity contribution < 1.29 is 14.3 Å². The summed E-state index contributed by atoms with van der Waals surface area (Å²) < 4.78 is 10.4. The van der Waals surface area contributed by atoms with Crippen molar-refractivity contribution in [1.29, 1.82) is 0 Å². The van der Waals surface area contributed by atoms with Gasteiger partial charge in [-0.2, -0.15) is 0 Å². The summed E-state index contributed by atoms with van der Waals surface area (Å²) in [6.07, 6.45) is -0.455. The van der Waals surface area contributed by atoms with Crippen LogP contribution in [0.25, 0.3) is 0 Å². The third-order valence-corrected chi connectivity index (χ3v) is 2.45. The average molecular weight is 221 g/mol. The van der Waals surface area contributed by atoms with Crippen LogP contribution in [-0.4, -0.2) is 32.0 Å². The van der Waals surface area contributed by atoms with E-state index < -0.39 is 0 Å². The maximum absolute atomic E-state index is 11.6. The van der Waals surface area contributed by atoms with Gasteiger partial charge in [0, 0.05) is 12.3 Å². The van der Waals surface area contributed by atoms with Crippen LogP contribution in [0.3, 0.4) is 0 Å². The second kappa shape index (κ2) is 4.99. The van der Waals surface area contributed by atoms with Crippen LogP contribution in [0.2, 0.25) is 0 Å². The Hall–Kier alpha value is -1.55. The number of rotatable bonds is 4. The molecule has 1 atom stereocenters. The molecule has 0 spiro atoms. The molecule has 1 aliphatic rings. The molecule has 1 aliphatic heterocycles. The van der Waals surface area contributed by atoms with Crippen LogP contribution in [0.5, 0.6) is 0 Å². The van der Waals surface area contributed by atoms with Crippen molar-refractivity contribution in [3.63, 3.8) is 0 Å². The summed E-state index contributed by atoms with van der Waals surface area (Å²) in [5.74, 6) is 0. The molecule has 1 amide bonds. The topological polar surface area (TPSA) is 38.8 Å². The standard InChI is InChI=1S/C12H15NO3/c1-2-15-9-11-8-13(12(14)16-11)10-6-4-3-5-7-10/h3-7,11H,2,8-9H2,1H3. The van der Waals surface area contributed by atoms with E-state index in [4.69, 9.17) is 9.47 Å². The Morgan fingerprint density at radius 2 is 2.19 bits per heavy atom. The van der Waals surface area contributed by atoms with E-state index in [2.05, 4.69) is 0 Å². The summed E-state index contributed by atoms with van der Waals surface area (Å²) in [5, 5.41) is 0. The Labute approximate surface area is 94.8 Å². The molecular weight excluding hydrogens is 206 g/mol. The quantitative estimate of drug-likeness (QED) is 0.781. The smallest absolute Gasteiger partial charge is 0.414 e. The summed E-state index contributed by atoms with van der Waals surface area (Å²) >= 11 is 0. The van der Waals surface area contributed by atoms with E-state index in [9.17, 15) is 4.79 Å². The molecule has 16 heavy (non-hydrogen) atoms. The predicted octanol–water partition coefficient (Wildman–Crippen LogP) is 2.05. The normalized spacial score (nSPS) is 19.9. The summed E-state index contributed by atoms with van der Waals surface area (Å²) in [7, 11) is 0. The van der Waals surface area contributed by atoms with Crippen LogP contribution in [0.4, 0.5) is 10.5 Å². The average Bonchev–Trinajstić information content (AvgIpc) is 2.69. The zero-order valence-corrected chi connectivity index (χ0v) is 9.26. The summed E-state index contributed by atoms with van der Waals surface area (Å²) in [6.45, 7) is 3.58. The molecule has 2 rings (SSSR count). The second-order valence-electron chi connectivity index (χ2n) is 3.61. The highest BCUT2D eigenvalue weighted by Crippen LogP contribution is 2.20. The van der Waals surface area contributed by atoms with Gasteiger partial charge in [-0.15, -0.1) is 0 Å². The van der Waals surface area contributed by atoms with Crippen molar-refractivity contribution in [2.45, 2.75) is 13.0 Å². The Morgan fingerprint density at radius 1 is 1.44 bits per heavy atom. The molecule has 0 N–H and O–H groups in total. The lowest BCUT2D eigenvalue weighted by Crippen LogP contribution is -2.25. The fraction of sp³-hybridized carbons (Fsp3) is 0.417. The Morgan fingerprint density at radius 3 is 2.88 bits per heavy atom. The van der Waals surface area contributed by atoms with Crippen LogP contribution in [-0.2, 0) is 9.47 Å². The number of cyclic esters (lactones) is 1. The number of amides is 1. The van der Waals surface area contributed by atoms with Gasteiger partial charge in [-0.05, 0) is 19.1 Å². The molecule has 4 nitrogen and oxygen atoms in total. The van der Waals surface area contributed by atoms with Gasteiger partial charge in [0.05, 0.1) is 13.2 Å². The van der Waals surface area contributed by atoms with E-state index >= 15 is 0 Å². The van der Waals surface area contributed by atoms with Crippen LogP contribution < -0.4 is 4.90 Å². The molecule has 0 aromatic heterocycles. The zero-order chi connectivity index (χ0) is 11.4. The molecule has 0 radical (unpaired) electrons. The monoisotopic (exact) mass is 221 g/mol. The van der Waals surface area contributed by atoms with Gasteiger partial charge in [0.2, 0.25) is 0 Å². The molecule has 1 heterocycles. The first kappa shape index (κ1) is 11.0. The van der Waals surface area contributed by atoms with Gasteiger partial charge in [0.15, 0.2) is 0 Å². The van der Waals surface area contributed by atoms with Crippen molar-refractivity contribution in [2.24, 2.45) is 0 Å². The van der Waals surface area contributed by atoms with Crippen LogP contribution in [0.1, 0.15) is 6.92 Å². The molecule has 1 fully saturated rings. The molecule has 1 aromatic carbocycles. The lowest BCUT2D eigenvalue weighted by atomic mass is 10.3. The largest absolute Gasteiger partial charge is 0.441 e. The molecule has 1 unspecified atom stereocenters. The highest BCUT2D eigenvalue weighted by Gasteiger charge is 2.32. The number of carbonyl (C=O) groups excluding carboxylic acids is 1. The maximum Gasteiger partial charge on any atom is 0.414 e. The summed E-state index contributed by atoms with van der Waals surface area (Å²) in [6, 6.07) is 9.51. The predicted molar refractivity (Wildman–Crippen MR) is 60.6 cm³/mol. The minimum absolute atomic E-state index is 0.160. The lowest BCUT2D eigenvalue weighted by molar-refractivity contribution is 0.0516. The van der Waals surface area contributed by atoms with E-state index in [0.717, 1.165) is 5.69 Å². The van der Waals surface area contributed by atoms with E-state index in [0.29, 0.717) is 19.8 Å². The highest BCUT2D eigenvalue weighted by atomic mass is 16.6. The first-order valence-electron chi connectivity index (χ1n) is 5.42. The highest BCUT2D eigenvalue weighted by molar-refractivity contribution is 5.89. The van der Waals surface area contributed by atoms with Gasteiger partial charge in [-0.3, -0.25) is 4.90 Å². The van der Waals surface area contributed by atoms with Crippen LogP contribution in [0.15, 0.2) is 30.3 Å². The third-order valence-electron chi connectivity index (χ3n) is 2.45. The van der Waals surface area contributed by atoms with Gasteiger partial charge in [-0.1, -0.05) is 18.2 Å². The fourth-order valence-corrected chi connectivity index (χ4v) is 1.68. The fourth-order valence-electron chi connectivity index (χ4n) is 1.68. The van der Waals surface area contributed by atoms with Crippen molar-refractivity contribution >= 4 is 11.8 Å². The molecule has 1 saturated heterocycles. The first-order chi connectivity index (χ1) is 7.81. The van der Waals surface area contributed by atoms with Gasteiger partial charge >= 0.3 is 6.09 Å². The Balaban J connectivity index is 2.00. The second-order valence-corrected chi connectivity index (χ2v) is 3.61. The van der Waals surface area contributed by atoms with Crippen LogP contribution in [0, 0.1) is 0 Å². The van der Waals surface area contributed by atoms with Gasteiger partial charge in [-0.25, -0.2) is 4.79 Å². The Bertz CT molecular complexity index is 353. The van der Waals surface area contributed by atoms with E-state index in [1.54, 1.807) is 4.90 Å². The number of anilines is 1. The van der Waals surface area contributed by atoms with Crippen molar-refractivity contribution in [3.8, 4) is 0 Å². The minimum Gasteiger partial charge on any atom is -0.441 e. The lowest BCUT2D eigenvalue weighted by Gasteiger charge is -2.12. The minimum atomic E-state index is -0.295. The van der Waals surface area contributed by atoms with Gasteiger partial charge < -0.3 is 9.47 Å². The number of nitrogens with zero attached hydrogens (tertiary/aromatic N) is 1. The molecule has 86 valence electrons. The number of ether oxygens (including phenoxy) is 2. The number of para-hydroxylation sites is 1. The van der Waals surface area contributed by atoms with Crippen molar-refractivity contribution in [1.82, 2.24) is 0 Å². The Kier molecular flexibility index (Phi) is 3.41. The number of hydrogen-bond donors (Lipinski definition) is 0. The SMILES string of the molecule is CCOCC1CN(c2ccccc2)C(=O)O1. The van der Waals surface area contributed by atoms with Crippen LogP contribution >= 0.6 is 0 Å². The van der Waals surface area contributed by atoms with Crippen molar-refractivity contribution in [2.75, 3.05) is 24.7 Å². The number of carbonyl (C=O) groups is 1. The summed E-state index contributed by atoms with van der Waals surface area (Å²) in [4.78, 5) is 13.2. The summed E-state index contributed by atoms with van der Waals surface area (Å²) in [5.41, 5.74) is 0.867. The van der Waals surface area contributed by atoms with Gasteiger partial charge in [0.1, 0.15) is 6.10 Å². The van der Waals surface area contributed by atoms with E-state index in [1.165, 1.54) is 0 Å². The molecule has 0 saturated carbocycles. The van der Waals surface area contributed by atoms with E-state index in [1.807, 2.05) is 37.3 Å². The molecule has 0 bridgehead atoms. The molecule has 0 aliphatic carbocycles. The number of benzene rings is 1. The zero-order valence-electron chi connectivity index (χ0n) is 9.26. The number of hydrogen-bond acceptors (Lipinski definition) is 3. The molecule has 4 heteroatoms.